The molecule has 6 nitrogen and oxygen atoms in total. The molecule has 1 aromatic heterocycles. The molecule has 2 saturated heterocycles. The molecule has 0 spiro atoms. The number of hydrogen-bond donors (Lipinski definition) is 1. The van der Waals surface area contributed by atoms with Gasteiger partial charge in [0, 0.05) is 31.5 Å². The van der Waals surface area contributed by atoms with E-state index in [2.05, 4.69) is 22.2 Å². The van der Waals surface area contributed by atoms with E-state index in [1.807, 2.05) is 17.9 Å². The lowest BCUT2D eigenvalue weighted by atomic mass is 9.67. The molecule has 6 heteroatoms. The maximum atomic E-state index is 13.5. The normalized spacial score (nSPS) is 28.8. The lowest BCUT2D eigenvalue weighted by Gasteiger charge is -2.53. The summed E-state index contributed by atoms with van der Waals surface area (Å²) < 4.78 is 0. The average Bonchev–Trinajstić information content (AvgIpc) is 3.20. The molecule has 0 bridgehead atoms. The number of carbonyl (C=O) groups excluding carboxylic acids is 2. The zero-order valence-electron chi connectivity index (χ0n) is 17.1. The Kier molecular flexibility index (Phi) is 5.41. The number of nitrogens with one attached hydrogen (secondary N) is 1. The summed E-state index contributed by atoms with van der Waals surface area (Å²) in [6, 6.07) is 2.14. The Balaban J connectivity index is 1.61. The minimum atomic E-state index is -0.458. The first-order valence-electron chi connectivity index (χ1n) is 10.7. The van der Waals surface area contributed by atoms with Crippen molar-refractivity contribution in [2.45, 2.75) is 64.0 Å². The highest BCUT2D eigenvalue weighted by atomic mass is 16.2. The van der Waals surface area contributed by atoms with Gasteiger partial charge in [0.25, 0.3) is 5.91 Å². The third-order valence-electron chi connectivity index (χ3n) is 6.99. The van der Waals surface area contributed by atoms with Crippen molar-refractivity contribution in [3.63, 3.8) is 0 Å². The molecule has 0 aromatic carbocycles. The van der Waals surface area contributed by atoms with Crippen molar-refractivity contribution in [2.75, 3.05) is 26.7 Å². The van der Waals surface area contributed by atoms with Crippen molar-refractivity contribution >= 4 is 11.8 Å². The van der Waals surface area contributed by atoms with Crippen molar-refractivity contribution in [3.05, 3.63) is 29.6 Å². The molecule has 4 rings (SSSR count). The number of rotatable bonds is 3. The summed E-state index contributed by atoms with van der Waals surface area (Å²) in [6.45, 7) is 4.32. The zero-order chi connectivity index (χ0) is 19.7. The maximum Gasteiger partial charge on any atom is 0.255 e. The van der Waals surface area contributed by atoms with Gasteiger partial charge in [-0.25, -0.2) is 0 Å². The van der Waals surface area contributed by atoms with Gasteiger partial charge in [-0.15, -0.1) is 0 Å². The van der Waals surface area contributed by atoms with Crippen LogP contribution in [0.3, 0.4) is 0 Å². The quantitative estimate of drug-likeness (QED) is 0.869. The van der Waals surface area contributed by atoms with E-state index in [1.54, 1.807) is 12.4 Å². The van der Waals surface area contributed by atoms with Gasteiger partial charge in [-0.3, -0.25) is 14.6 Å². The van der Waals surface area contributed by atoms with E-state index in [9.17, 15) is 9.59 Å². The predicted molar refractivity (Wildman–Crippen MR) is 108 cm³/mol. The van der Waals surface area contributed by atoms with Crippen molar-refractivity contribution in [1.29, 1.82) is 0 Å². The van der Waals surface area contributed by atoms with E-state index in [-0.39, 0.29) is 17.9 Å². The fourth-order valence-electron chi connectivity index (χ4n) is 5.39. The lowest BCUT2D eigenvalue weighted by Crippen LogP contribution is -2.66. The van der Waals surface area contributed by atoms with Gasteiger partial charge in [0.15, 0.2) is 0 Å². The van der Waals surface area contributed by atoms with Gasteiger partial charge in [0.05, 0.1) is 17.0 Å². The van der Waals surface area contributed by atoms with Crippen LogP contribution in [0.15, 0.2) is 18.5 Å². The van der Waals surface area contributed by atoms with Gasteiger partial charge < -0.3 is 15.1 Å². The summed E-state index contributed by atoms with van der Waals surface area (Å²) >= 11 is 0. The average molecular weight is 385 g/mol. The smallest absolute Gasteiger partial charge is 0.255 e. The van der Waals surface area contributed by atoms with Gasteiger partial charge in [0.1, 0.15) is 0 Å². The minimum absolute atomic E-state index is 0.00856. The number of aryl methyl sites for hydroxylation is 1. The molecular weight excluding hydrogens is 352 g/mol. The van der Waals surface area contributed by atoms with Gasteiger partial charge in [0.2, 0.25) is 5.91 Å². The molecule has 0 unspecified atom stereocenters. The Morgan fingerprint density at radius 1 is 1.14 bits per heavy atom. The molecule has 3 fully saturated rings. The summed E-state index contributed by atoms with van der Waals surface area (Å²) in [6.07, 6.45) is 10.6. The monoisotopic (exact) mass is 384 g/mol. The summed E-state index contributed by atoms with van der Waals surface area (Å²) in [4.78, 5) is 35.3. The van der Waals surface area contributed by atoms with E-state index < -0.39 is 5.41 Å². The Hall–Kier alpha value is -1.95. The van der Waals surface area contributed by atoms with E-state index in [0.717, 1.165) is 50.8 Å². The fraction of sp³-hybridized carbons (Fsp3) is 0.682. The zero-order valence-corrected chi connectivity index (χ0v) is 17.1. The van der Waals surface area contributed by atoms with Crippen molar-refractivity contribution in [1.82, 2.24) is 20.1 Å². The molecule has 2 amide bonds. The Morgan fingerprint density at radius 3 is 2.68 bits per heavy atom. The molecule has 2 aliphatic heterocycles. The first kappa shape index (κ1) is 19.4. The molecule has 2 atom stereocenters. The third-order valence-corrected chi connectivity index (χ3v) is 6.99. The number of pyridine rings is 1. The molecule has 0 radical (unpaired) electrons. The molecular formula is C22H32N4O2. The second-order valence-electron chi connectivity index (χ2n) is 8.99. The maximum absolute atomic E-state index is 13.5. The minimum Gasteiger partial charge on any atom is -0.353 e. The first-order valence-corrected chi connectivity index (χ1v) is 10.7. The Labute approximate surface area is 167 Å². The van der Waals surface area contributed by atoms with E-state index in [1.165, 1.54) is 12.8 Å². The van der Waals surface area contributed by atoms with Crippen LogP contribution in [0.1, 0.15) is 60.9 Å². The number of carbonyl (C=O) groups is 2. The van der Waals surface area contributed by atoms with Crippen LogP contribution in [0.25, 0.3) is 0 Å². The molecule has 1 N–H and O–H groups in total. The largest absolute Gasteiger partial charge is 0.353 e. The fourth-order valence-corrected chi connectivity index (χ4v) is 5.39. The third kappa shape index (κ3) is 3.54. The van der Waals surface area contributed by atoms with E-state index in [0.29, 0.717) is 18.2 Å². The number of hydrogen-bond acceptors (Lipinski definition) is 4. The SMILES string of the molecule is Cc1cncc(C(=O)N2CCC[C@@]3(C(=O)NC4CCCC4)CCN(C)C[C@@H]23)c1. The van der Waals surface area contributed by atoms with Crippen LogP contribution in [-0.2, 0) is 4.79 Å². The standard InChI is InChI=1S/C22H32N4O2/c1-16-12-17(14-23-13-16)20(27)26-10-5-8-22(9-11-25(2)15-19(22)26)21(28)24-18-6-3-4-7-18/h12-14,18-19H,3-11,15H2,1-2H3,(H,24,28)/t19-,22-/m1/s1. The highest BCUT2D eigenvalue weighted by Gasteiger charge is 2.53. The Bertz CT molecular complexity index is 746. The molecule has 28 heavy (non-hydrogen) atoms. The second kappa shape index (κ2) is 7.82. The van der Waals surface area contributed by atoms with Gasteiger partial charge in [-0.1, -0.05) is 12.8 Å². The van der Waals surface area contributed by atoms with Crippen molar-refractivity contribution in [3.8, 4) is 0 Å². The molecule has 152 valence electrons. The second-order valence-corrected chi connectivity index (χ2v) is 8.99. The molecule has 1 aliphatic carbocycles. The summed E-state index contributed by atoms with van der Waals surface area (Å²) in [7, 11) is 2.09. The number of fused-ring (bicyclic) bond motifs is 1. The highest BCUT2D eigenvalue weighted by Crippen LogP contribution is 2.43. The number of likely N-dealkylation sites (N-methyl/N-ethyl adjacent to an activating group) is 1. The molecule has 1 saturated carbocycles. The summed E-state index contributed by atoms with van der Waals surface area (Å²) in [5.74, 6) is 0.187. The molecule has 3 heterocycles. The van der Waals surface area contributed by atoms with Crippen LogP contribution in [0.5, 0.6) is 0 Å². The van der Waals surface area contributed by atoms with Crippen LogP contribution >= 0.6 is 0 Å². The number of nitrogens with zero attached hydrogens (tertiary/aromatic N) is 3. The van der Waals surface area contributed by atoms with Crippen LogP contribution < -0.4 is 5.32 Å². The van der Waals surface area contributed by atoms with Crippen LogP contribution in [-0.4, -0.2) is 65.4 Å². The highest BCUT2D eigenvalue weighted by molar-refractivity contribution is 5.95. The number of likely N-dealkylation sites (tertiary alicyclic amines) is 2. The number of piperidine rings is 2. The first-order chi connectivity index (χ1) is 13.5. The number of amides is 2. The van der Waals surface area contributed by atoms with Gasteiger partial charge in [-0.2, -0.15) is 0 Å². The summed E-state index contributed by atoms with van der Waals surface area (Å²) in [5.41, 5.74) is 1.15. The Morgan fingerprint density at radius 2 is 1.93 bits per heavy atom. The van der Waals surface area contributed by atoms with Crippen LogP contribution in [0.4, 0.5) is 0 Å². The van der Waals surface area contributed by atoms with E-state index >= 15 is 0 Å². The van der Waals surface area contributed by atoms with Gasteiger partial charge in [-0.05, 0) is 64.3 Å². The van der Waals surface area contributed by atoms with E-state index in [4.69, 9.17) is 0 Å². The van der Waals surface area contributed by atoms with Crippen LogP contribution in [0.2, 0.25) is 0 Å². The van der Waals surface area contributed by atoms with Crippen molar-refractivity contribution < 1.29 is 9.59 Å². The number of aromatic nitrogens is 1. The van der Waals surface area contributed by atoms with Gasteiger partial charge >= 0.3 is 0 Å². The summed E-state index contributed by atoms with van der Waals surface area (Å²) in [5, 5.41) is 3.35. The molecule has 3 aliphatic rings. The van der Waals surface area contributed by atoms with Crippen LogP contribution in [0, 0.1) is 12.3 Å². The van der Waals surface area contributed by atoms with Crippen molar-refractivity contribution in [2.24, 2.45) is 5.41 Å². The molecule has 1 aromatic rings. The topological polar surface area (TPSA) is 65.5 Å². The predicted octanol–water partition coefficient (Wildman–Crippen LogP) is 2.38. The lowest BCUT2D eigenvalue weighted by molar-refractivity contribution is -0.143.